The van der Waals surface area contributed by atoms with Crippen molar-refractivity contribution in [2.45, 2.75) is 82.8 Å². The number of halogens is 1. The predicted octanol–water partition coefficient (Wildman–Crippen LogP) is 5.10. The molecule has 13 heteroatoms. The molecule has 9 rings (SSSR count). The Morgan fingerprint density at radius 2 is 1.57 bits per heavy atom. The van der Waals surface area contributed by atoms with Crippen LogP contribution in [-0.4, -0.2) is 94.5 Å². The summed E-state index contributed by atoms with van der Waals surface area (Å²) in [6, 6.07) is 18.3. The van der Waals surface area contributed by atoms with Gasteiger partial charge in [0.1, 0.15) is 18.0 Å². The van der Waals surface area contributed by atoms with E-state index in [1.54, 1.807) is 12.1 Å². The third kappa shape index (κ3) is 6.80. The number of carbonyl (C=O) groups is 4. The van der Waals surface area contributed by atoms with E-state index < -0.39 is 24.1 Å². The van der Waals surface area contributed by atoms with Crippen molar-refractivity contribution in [2.24, 2.45) is 11.3 Å². The fraction of sp³-hybridized carbons (Fsp3) is 0.465. The van der Waals surface area contributed by atoms with Gasteiger partial charge in [-0.1, -0.05) is 11.6 Å². The van der Waals surface area contributed by atoms with Gasteiger partial charge in [0.15, 0.2) is 0 Å². The van der Waals surface area contributed by atoms with Crippen LogP contribution in [0.25, 0.3) is 0 Å². The number of ether oxygens (including phenoxy) is 1. The zero-order valence-corrected chi connectivity index (χ0v) is 32.0. The van der Waals surface area contributed by atoms with Crippen LogP contribution in [-0.2, 0) is 17.9 Å². The van der Waals surface area contributed by atoms with Crippen LogP contribution in [0.15, 0.2) is 54.6 Å². The summed E-state index contributed by atoms with van der Waals surface area (Å²) >= 11 is 6.19. The minimum absolute atomic E-state index is 0.0755. The molecule has 2 atom stereocenters. The Hall–Kier alpha value is -4.96. The number of nitrogens with zero attached hydrogens (tertiary/aromatic N) is 5. The lowest BCUT2D eigenvalue weighted by molar-refractivity contribution is -0.129. The molecule has 0 bridgehead atoms. The standard InChI is InChI=1S/C43H45ClN6O6/c44-36-19-33(6-3-28(36)20-45)56-32-9-13-43(14-10-32)24-49(25-43)31-4-1-27(2-5-31)40(53)48-15-11-26(12-16-48)21-47-22-29-17-34-35(18-30(29)23-47)42(55)50(41(34)54)37-7-8-38(51)46-39(37)52/h1-6,17-19,26,32,37,39,52H,7-16,21-25H2,(H,46,51). The molecule has 5 aliphatic heterocycles. The highest BCUT2D eigenvalue weighted by atomic mass is 35.5. The number of benzene rings is 3. The zero-order valence-electron chi connectivity index (χ0n) is 31.2. The van der Waals surface area contributed by atoms with E-state index in [1.165, 1.54) is 0 Å². The first-order valence-corrected chi connectivity index (χ1v) is 20.2. The van der Waals surface area contributed by atoms with Crippen molar-refractivity contribution < 1.29 is 29.0 Å². The van der Waals surface area contributed by atoms with Crippen molar-refractivity contribution in [1.29, 1.82) is 5.26 Å². The smallest absolute Gasteiger partial charge is 0.261 e. The second kappa shape index (κ2) is 14.5. The van der Waals surface area contributed by atoms with Gasteiger partial charge in [0.25, 0.3) is 17.7 Å². The Balaban J connectivity index is 0.721. The first-order valence-electron chi connectivity index (χ1n) is 19.8. The molecule has 1 spiro atoms. The first kappa shape index (κ1) is 36.7. The summed E-state index contributed by atoms with van der Waals surface area (Å²) in [6.07, 6.45) is 5.31. The Morgan fingerprint density at radius 1 is 0.911 bits per heavy atom. The molecule has 56 heavy (non-hydrogen) atoms. The van der Waals surface area contributed by atoms with Crippen LogP contribution in [0, 0.1) is 22.7 Å². The van der Waals surface area contributed by atoms with Crippen molar-refractivity contribution in [1.82, 2.24) is 20.0 Å². The van der Waals surface area contributed by atoms with Gasteiger partial charge in [0, 0.05) is 75.0 Å². The number of hydrogen-bond acceptors (Lipinski definition) is 9. The van der Waals surface area contributed by atoms with Gasteiger partial charge in [-0.15, -0.1) is 0 Å². The maximum absolute atomic E-state index is 13.5. The second-order valence-corrected chi connectivity index (χ2v) is 17.1. The number of nitriles is 1. The lowest BCUT2D eigenvalue weighted by Crippen LogP contribution is -2.58. The van der Waals surface area contributed by atoms with Gasteiger partial charge in [-0.2, -0.15) is 5.26 Å². The number of hydrogen-bond donors (Lipinski definition) is 2. The van der Waals surface area contributed by atoms with E-state index in [-0.39, 0.29) is 30.8 Å². The molecule has 1 aliphatic carbocycles. The van der Waals surface area contributed by atoms with E-state index in [2.05, 4.69) is 33.3 Å². The van der Waals surface area contributed by atoms with Crippen LogP contribution >= 0.6 is 11.6 Å². The van der Waals surface area contributed by atoms with Gasteiger partial charge in [-0.3, -0.25) is 29.0 Å². The number of piperidine rings is 2. The summed E-state index contributed by atoms with van der Waals surface area (Å²) < 4.78 is 6.20. The third-order valence-corrected chi connectivity index (χ3v) is 13.3. The number of carbonyl (C=O) groups excluding carboxylic acids is 4. The normalized spacial score (nSPS) is 23.8. The van der Waals surface area contributed by atoms with Crippen LogP contribution in [0.4, 0.5) is 5.69 Å². The van der Waals surface area contributed by atoms with Crippen molar-refractivity contribution in [3.05, 3.63) is 93.0 Å². The molecule has 3 aromatic carbocycles. The zero-order chi connectivity index (χ0) is 38.7. The molecule has 2 N–H and O–H groups in total. The molecule has 1 saturated carbocycles. The number of aliphatic hydroxyl groups is 1. The Labute approximate surface area is 330 Å². The van der Waals surface area contributed by atoms with Gasteiger partial charge in [0.05, 0.1) is 33.9 Å². The number of amides is 4. The highest BCUT2D eigenvalue weighted by Crippen LogP contribution is 2.46. The first-order chi connectivity index (χ1) is 27.1. The fourth-order valence-corrected chi connectivity index (χ4v) is 10.0. The molecule has 4 fully saturated rings. The van der Waals surface area contributed by atoms with Crippen LogP contribution in [0.3, 0.4) is 0 Å². The van der Waals surface area contributed by atoms with E-state index >= 15 is 0 Å². The van der Waals surface area contributed by atoms with E-state index in [0.29, 0.717) is 65.0 Å². The van der Waals surface area contributed by atoms with Crippen molar-refractivity contribution in [2.75, 3.05) is 37.6 Å². The largest absolute Gasteiger partial charge is 0.490 e. The Kier molecular flexibility index (Phi) is 9.51. The number of fused-ring (bicyclic) bond motifs is 2. The second-order valence-electron chi connectivity index (χ2n) is 16.6. The molecule has 4 amide bonds. The molecule has 5 heterocycles. The molecule has 0 aromatic heterocycles. The molecule has 3 aromatic rings. The SMILES string of the molecule is N#Cc1ccc(OC2CCC3(CC2)CN(c2ccc(C(=O)N4CCC(CN5Cc6cc7c(cc6C5)C(=O)N(C5CCC(=O)NC5O)C7=O)CC4)cc2)C3)cc1Cl. The number of likely N-dealkylation sites (tertiary alicyclic amines) is 1. The molecular weight excluding hydrogens is 732 g/mol. The molecule has 6 aliphatic rings. The van der Waals surface area contributed by atoms with Crippen LogP contribution < -0.4 is 15.0 Å². The highest BCUT2D eigenvalue weighted by molar-refractivity contribution is 6.31. The number of rotatable bonds is 7. The molecule has 12 nitrogen and oxygen atoms in total. The van der Waals surface area contributed by atoms with Crippen molar-refractivity contribution >= 4 is 40.9 Å². The number of nitrogens with one attached hydrogen (secondary N) is 1. The number of aliphatic hydroxyl groups excluding tert-OH is 1. The van der Waals surface area contributed by atoms with Gasteiger partial charge >= 0.3 is 0 Å². The van der Waals surface area contributed by atoms with Gasteiger partial charge < -0.3 is 25.0 Å². The van der Waals surface area contributed by atoms with Gasteiger partial charge in [0.2, 0.25) is 5.91 Å². The summed E-state index contributed by atoms with van der Waals surface area (Å²) in [5.41, 5.74) is 5.44. The van der Waals surface area contributed by atoms with E-state index in [4.69, 9.17) is 21.6 Å². The fourth-order valence-electron chi connectivity index (χ4n) is 9.82. The minimum Gasteiger partial charge on any atom is -0.490 e. The Morgan fingerprint density at radius 3 is 2.18 bits per heavy atom. The Bertz CT molecular complexity index is 2080. The van der Waals surface area contributed by atoms with Gasteiger partial charge in [-0.25, -0.2) is 0 Å². The molecule has 290 valence electrons. The summed E-state index contributed by atoms with van der Waals surface area (Å²) in [6.45, 7) is 5.72. The van der Waals surface area contributed by atoms with Crippen molar-refractivity contribution in [3.63, 3.8) is 0 Å². The summed E-state index contributed by atoms with van der Waals surface area (Å²) in [5.74, 6) is 0.112. The van der Waals surface area contributed by atoms with Crippen LogP contribution in [0.2, 0.25) is 5.02 Å². The molecular formula is C43H45ClN6O6. The maximum Gasteiger partial charge on any atom is 0.261 e. The van der Waals surface area contributed by atoms with Crippen molar-refractivity contribution in [3.8, 4) is 11.8 Å². The third-order valence-electron chi connectivity index (χ3n) is 13.0. The molecule has 3 saturated heterocycles. The van der Waals surface area contributed by atoms with Gasteiger partial charge in [-0.05, 0) is 111 Å². The quantitative estimate of drug-likeness (QED) is 0.313. The van der Waals surface area contributed by atoms with E-state index in [0.717, 1.165) is 85.4 Å². The predicted molar refractivity (Wildman–Crippen MR) is 207 cm³/mol. The average molecular weight is 777 g/mol. The van der Waals surface area contributed by atoms with Crippen LogP contribution in [0.1, 0.15) is 99.1 Å². The summed E-state index contributed by atoms with van der Waals surface area (Å²) in [5, 5.41) is 22.4. The average Bonchev–Trinajstić information content (AvgIpc) is 3.69. The minimum atomic E-state index is -1.27. The monoisotopic (exact) mass is 776 g/mol. The van der Waals surface area contributed by atoms with Crippen LogP contribution in [0.5, 0.6) is 5.75 Å². The maximum atomic E-state index is 13.5. The molecule has 2 unspecified atom stereocenters. The van der Waals surface area contributed by atoms with E-state index in [9.17, 15) is 24.3 Å². The highest BCUT2D eigenvalue weighted by Gasteiger charge is 2.47. The topological polar surface area (TPSA) is 147 Å². The lowest BCUT2D eigenvalue weighted by atomic mass is 9.67. The van der Waals surface area contributed by atoms with E-state index in [1.807, 2.05) is 35.2 Å². The number of anilines is 1. The summed E-state index contributed by atoms with van der Waals surface area (Å²) in [4.78, 5) is 59.7. The lowest BCUT2D eigenvalue weighted by Gasteiger charge is -2.54. The number of imide groups is 1. The summed E-state index contributed by atoms with van der Waals surface area (Å²) in [7, 11) is 0. The molecule has 0 radical (unpaired) electrons.